The van der Waals surface area contributed by atoms with Crippen LogP contribution >= 0.6 is 0 Å². The Morgan fingerprint density at radius 1 is 1.26 bits per heavy atom. The Morgan fingerprint density at radius 3 is 2.39 bits per heavy atom. The van der Waals surface area contributed by atoms with Crippen molar-refractivity contribution >= 4 is 11.5 Å². The van der Waals surface area contributed by atoms with Crippen molar-refractivity contribution in [1.82, 2.24) is 9.78 Å². The van der Waals surface area contributed by atoms with Gasteiger partial charge in [0.2, 0.25) is 0 Å². The largest absolute Gasteiger partial charge is 0.468 e. The number of carbonyl (C=O) groups is 1. The lowest BCUT2D eigenvalue weighted by Crippen LogP contribution is -2.28. The molecule has 5 nitrogen and oxygen atoms in total. The predicted molar refractivity (Wildman–Crippen MR) is 80.6 cm³/mol. The second-order valence-electron chi connectivity index (χ2n) is 4.92. The third-order valence-electron chi connectivity index (χ3n) is 3.08. The van der Waals surface area contributed by atoms with E-state index in [2.05, 4.69) is 16.4 Å². The zero-order valence-corrected chi connectivity index (χ0v) is 12.6. The minimum atomic E-state index is -0.772. The lowest BCUT2D eigenvalue weighted by molar-refractivity contribution is -0.141. The minimum Gasteiger partial charge on any atom is -0.468 e. The van der Waals surface area contributed by atoms with E-state index in [-0.39, 0.29) is 23.4 Å². The Balaban J connectivity index is 2.64. The predicted octanol–water partition coefficient (Wildman–Crippen LogP) is 2.39. The Kier molecular flexibility index (Phi) is 4.68. The summed E-state index contributed by atoms with van der Waals surface area (Å²) in [5.41, 5.74) is 0.541. The van der Waals surface area contributed by atoms with Crippen molar-refractivity contribution in [2.75, 3.05) is 7.11 Å². The van der Waals surface area contributed by atoms with Crippen LogP contribution in [0.4, 0.5) is 8.78 Å². The fourth-order valence-electron chi connectivity index (χ4n) is 2.03. The van der Waals surface area contributed by atoms with Crippen molar-refractivity contribution in [1.29, 1.82) is 0 Å². The van der Waals surface area contributed by atoms with E-state index < -0.39 is 23.2 Å². The highest BCUT2D eigenvalue weighted by molar-refractivity contribution is 5.77. The van der Waals surface area contributed by atoms with E-state index in [9.17, 15) is 18.4 Å². The molecule has 1 heterocycles. The maximum absolute atomic E-state index is 13.4. The standard InChI is InChI=1S/C16H14F2N2O3/c1-9(2)16-13(10-4-11(17)6-12(18)5-10)7-14(21)20(19-16)8-15(22)23-3/h4-7H,1,8H2,2-3H3. The minimum absolute atomic E-state index is 0.162. The second-order valence-corrected chi connectivity index (χ2v) is 4.92. The fraction of sp³-hybridized carbons (Fsp3) is 0.188. The molecule has 120 valence electrons. The van der Waals surface area contributed by atoms with Gasteiger partial charge < -0.3 is 4.74 Å². The van der Waals surface area contributed by atoms with E-state index in [0.29, 0.717) is 5.57 Å². The number of nitrogens with zero attached hydrogens (tertiary/aromatic N) is 2. The first kappa shape index (κ1) is 16.5. The van der Waals surface area contributed by atoms with Gasteiger partial charge in [-0.1, -0.05) is 6.58 Å². The normalized spacial score (nSPS) is 10.4. The molecule has 0 aliphatic heterocycles. The van der Waals surface area contributed by atoms with Crippen LogP contribution in [0.2, 0.25) is 0 Å². The third kappa shape index (κ3) is 3.68. The number of allylic oxidation sites excluding steroid dienone is 1. The molecule has 0 spiro atoms. The third-order valence-corrected chi connectivity index (χ3v) is 3.08. The molecule has 0 fully saturated rings. The summed E-state index contributed by atoms with van der Waals surface area (Å²) in [4.78, 5) is 23.4. The number of hydrogen-bond acceptors (Lipinski definition) is 4. The number of benzene rings is 1. The topological polar surface area (TPSA) is 61.2 Å². The van der Waals surface area contributed by atoms with Gasteiger partial charge in [0.05, 0.1) is 12.8 Å². The number of aromatic nitrogens is 2. The van der Waals surface area contributed by atoms with Crippen LogP contribution in [0, 0.1) is 11.6 Å². The van der Waals surface area contributed by atoms with E-state index in [4.69, 9.17) is 0 Å². The maximum atomic E-state index is 13.4. The van der Waals surface area contributed by atoms with E-state index in [1.165, 1.54) is 7.11 Å². The number of ether oxygens (including phenoxy) is 1. The SMILES string of the molecule is C=C(C)c1nn(CC(=O)OC)c(=O)cc1-c1cc(F)cc(F)c1. The number of carbonyl (C=O) groups excluding carboxylic acids is 1. The maximum Gasteiger partial charge on any atom is 0.327 e. The van der Waals surface area contributed by atoms with Gasteiger partial charge in [-0.15, -0.1) is 0 Å². The molecule has 0 saturated heterocycles. The van der Waals surface area contributed by atoms with Crippen LogP contribution in [0.3, 0.4) is 0 Å². The second kappa shape index (κ2) is 6.51. The summed E-state index contributed by atoms with van der Waals surface area (Å²) in [5.74, 6) is -2.19. The fourth-order valence-corrected chi connectivity index (χ4v) is 2.03. The van der Waals surface area contributed by atoms with E-state index in [0.717, 1.165) is 28.9 Å². The zero-order chi connectivity index (χ0) is 17.1. The van der Waals surface area contributed by atoms with Crippen LogP contribution in [0.25, 0.3) is 16.7 Å². The highest BCUT2D eigenvalue weighted by Gasteiger charge is 2.15. The molecule has 2 aromatic rings. The molecule has 0 amide bonds. The lowest BCUT2D eigenvalue weighted by atomic mass is 10.0. The molecule has 0 N–H and O–H groups in total. The molecule has 2 rings (SSSR count). The molecule has 0 atom stereocenters. The van der Waals surface area contributed by atoms with Gasteiger partial charge in [-0.2, -0.15) is 5.10 Å². The highest BCUT2D eigenvalue weighted by atomic mass is 19.1. The molecular formula is C16H14F2N2O3. The lowest BCUT2D eigenvalue weighted by Gasteiger charge is -2.12. The van der Waals surface area contributed by atoms with Crippen LogP contribution in [0.5, 0.6) is 0 Å². The molecule has 0 radical (unpaired) electrons. The van der Waals surface area contributed by atoms with Gasteiger partial charge in [-0.3, -0.25) is 9.59 Å². The van der Waals surface area contributed by atoms with Gasteiger partial charge in [0.15, 0.2) is 0 Å². The summed E-state index contributed by atoms with van der Waals surface area (Å²) in [6.45, 7) is 5.01. The van der Waals surface area contributed by atoms with Crippen molar-refractivity contribution in [3.05, 3.63) is 58.5 Å². The van der Waals surface area contributed by atoms with Gasteiger partial charge in [-0.25, -0.2) is 13.5 Å². The summed E-state index contributed by atoms with van der Waals surface area (Å²) < 4.78 is 32.2. The smallest absolute Gasteiger partial charge is 0.327 e. The van der Waals surface area contributed by atoms with E-state index in [1.807, 2.05) is 0 Å². The quantitative estimate of drug-likeness (QED) is 0.812. The molecule has 23 heavy (non-hydrogen) atoms. The van der Waals surface area contributed by atoms with Gasteiger partial charge in [-0.05, 0) is 30.2 Å². The van der Waals surface area contributed by atoms with E-state index >= 15 is 0 Å². The molecule has 0 unspecified atom stereocenters. The number of methoxy groups -OCH3 is 1. The summed E-state index contributed by atoms with van der Waals surface area (Å²) in [7, 11) is 1.19. The van der Waals surface area contributed by atoms with Crippen LogP contribution in [-0.4, -0.2) is 22.9 Å². The monoisotopic (exact) mass is 320 g/mol. The Morgan fingerprint density at radius 2 is 1.87 bits per heavy atom. The van der Waals surface area contributed by atoms with Crippen molar-refractivity contribution in [2.24, 2.45) is 0 Å². The van der Waals surface area contributed by atoms with Crippen molar-refractivity contribution in [3.63, 3.8) is 0 Å². The van der Waals surface area contributed by atoms with Crippen molar-refractivity contribution < 1.29 is 18.3 Å². The zero-order valence-electron chi connectivity index (χ0n) is 12.6. The molecule has 0 aliphatic carbocycles. The first-order valence-corrected chi connectivity index (χ1v) is 6.63. The summed E-state index contributed by atoms with van der Waals surface area (Å²) in [5, 5.41) is 4.05. The van der Waals surface area contributed by atoms with Gasteiger partial charge >= 0.3 is 5.97 Å². The van der Waals surface area contributed by atoms with Crippen LogP contribution in [-0.2, 0) is 16.1 Å². The molecular weight excluding hydrogens is 306 g/mol. The summed E-state index contributed by atoms with van der Waals surface area (Å²) in [6, 6.07) is 4.08. The van der Waals surface area contributed by atoms with E-state index in [1.54, 1.807) is 6.92 Å². The Bertz CT molecular complexity index is 823. The van der Waals surface area contributed by atoms with Gasteiger partial charge in [0.25, 0.3) is 5.56 Å². The number of halogens is 2. The molecule has 0 saturated carbocycles. The number of hydrogen-bond donors (Lipinski definition) is 0. The molecule has 0 bridgehead atoms. The molecule has 7 heteroatoms. The first-order chi connectivity index (χ1) is 10.8. The number of esters is 1. The molecule has 1 aromatic carbocycles. The van der Waals surface area contributed by atoms with Crippen LogP contribution < -0.4 is 5.56 Å². The summed E-state index contributed by atoms with van der Waals surface area (Å²) >= 11 is 0. The molecule has 0 aliphatic rings. The number of rotatable bonds is 4. The van der Waals surface area contributed by atoms with Gasteiger partial charge in [0.1, 0.15) is 18.2 Å². The summed E-state index contributed by atoms with van der Waals surface area (Å²) in [6.07, 6.45) is 0. The Hall–Kier alpha value is -2.83. The average Bonchev–Trinajstić information content (AvgIpc) is 2.47. The van der Waals surface area contributed by atoms with Crippen molar-refractivity contribution in [3.8, 4) is 11.1 Å². The van der Waals surface area contributed by atoms with Gasteiger partial charge in [0, 0.05) is 17.7 Å². The van der Waals surface area contributed by atoms with Crippen LogP contribution in [0.1, 0.15) is 12.6 Å². The molecule has 1 aromatic heterocycles. The average molecular weight is 320 g/mol. The van der Waals surface area contributed by atoms with Crippen LogP contribution in [0.15, 0.2) is 35.6 Å². The Labute approximate surface area is 130 Å². The first-order valence-electron chi connectivity index (χ1n) is 6.63. The van der Waals surface area contributed by atoms with Crippen molar-refractivity contribution in [2.45, 2.75) is 13.5 Å². The highest BCUT2D eigenvalue weighted by Crippen LogP contribution is 2.26.